The molecule has 1 unspecified atom stereocenters. The van der Waals surface area contributed by atoms with Crippen molar-refractivity contribution in [1.29, 1.82) is 0 Å². The van der Waals surface area contributed by atoms with Crippen LogP contribution in [0, 0.1) is 18.6 Å². The van der Waals surface area contributed by atoms with Gasteiger partial charge >= 0.3 is 0 Å². The van der Waals surface area contributed by atoms with Crippen LogP contribution in [0.4, 0.5) is 8.78 Å². The average molecular weight is 197 g/mol. The minimum atomic E-state index is -0.760. The zero-order valence-electron chi connectivity index (χ0n) is 8.11. The lowest BCUT2D eigenvalue weighted by Crippen LogP contribution is -2.14. The summed E-state index contributed by atoms with van der Waals surface area (Å²) in [5.74, 6) is -1.51. The van der Waals surface area contributed by atoms with Gasteiger partial charge in [0.2, 0.25) is 0 Å². The van der Waals surface area contributed by atoms with Crippen LogP contribution in [0.3, 0.4) is 0 Å². The van der Waals surface area contributed by atoms with E-state index >= 15 is 0 Å². The van der Waals surface area contributed by atoms with Crippen molar-refractivity contribution >= 4 is 0 Å². The maximum atomic E-state index is 13.0. The highest BCUT2D eigenvalue weighted by atomic mass is 19.2. The molecule has 1 aliphatic heterocycles. The molecule has 1 aromatic carbocycles. The Morgan fingerprint density at radius 2 is 2.00 bits per heavy atom. The highest BCUT2D eigenvalue weighted by Crippen LogP contribution is 2.27. The maximum Gasteiger partial charge on any atom is 0.159 e. The van der Waals surface area contributed by atoms with Gasteiger partial charge in [0.05, 0.1) is 0 Å². The Morgan fingerprint density at radius 1 is 1.29 bits per heavy atom. The second-order valence-electron chi connectivity index (χ2n) is 3.77. The second-order valence-corrected chi connectivity index (χ2v) is 3.77. The summed E-state index contributed by atoms with van der Waals surface area (Å²) in [5, 5.41) is 3.27. The molecular weight excluding hydrogens is 184 g/mol. The summed E-state index contributed by atoms with van der Waals surface area (Å²) in [6, 6.07) is 2.78. The van der Waals surface area contributed by atoms with Gasteiger partial charge in [0.1, 0.15) is 0 Å². The van der Waals surface area contributed by atoms with Crippen molar-refractivity contribution in [3.8, 4) is 0 Å². The summed E-state index contributed by atoms with van der Waals surface area (Å²) in [6.45, 7) is 2.78. The summed E-state index contributed by atoms with van der Waals surface area (Å²) >= 11 is 0. The Kier molecular flexibility index (Phi) is 2.50. The fraction of sp³-hybridized carbons (Fsp3) is 0.455. The largest absolute Gasteiger partial charge is 0.310 e. The summed E-state index contributed by atoms with van der Waals surface area (Å²) in [4.78, 5) is 0. The van der Waals surface area contributed by atoms with E-state index in [1.54, 1.807) is 0 Å². The van der Waals surface area contributed by atoms with Crippen LogP contribution in [-0.2, 0) is 0 Å². The SMILES string of the molecule is Cc1cc(F)c(F)cc1C1CCCN1. The molecule has 3 heteroatoms. The molecule has 0 aliphatic carbocycles. The third-order valence-corrected chi connectivity index (χ3v) is 2.74. The van der Waals surface area contributed by atoms with Crippen molar-refractivity contribution in [2.75, 3.05) is 6.54 Å². The molecule has 1 N–H and O–H groups in total. The molecule has 0 saturated carbocycles. The second kappa shape index (κ2) is 3.65. The molecule has 1 aliphatic rings. The number of nitrogens with one attached hydrogen (secondary N) is 1. The molecule has 0 aromatic heterocycles. The number of hydrogen-bond donors (Lipinski definition) is 1. The Bertz CT molecular complexity index is 343. The molecule has 1 nitrogen and oxygen atoms in total. The van der Waals surface area contributed by atoms with Gasteiger partial charge in [-0.25, -0.2) is 8.78 Å². The molecule has 1 fully saturated rings. The van der Waals surface area contributed by atoms with Gasteiger partial charge in [-0.2, -0.15) is 0 Å². The predicted molar refractivity (Wildman–Crippen MR) is 51.1 cm³/mol. The topological polar surface area (TPSA) is 12.0 Å². The van der Waals surface area contributed by atoms with E-state index in [1.165, 1.54) is 12.1 Å². The number of aryl methyl sites for hydroxylation is 1. The molecule has 14 heavy (non-hydrogen) atoms. The lowest BCUT2D eigenvalue weighted by Gasteiger charge is -2.13. The molecule has 0 amide bonds. The van der Waals surface area contributed by atoms with E-state index in [1.807, 2.05) is 6.92 Å². The number of benzene rings is 1. The first-order chi connectivity index (χ1) is 6.68. The quantitative estimate of drug-likeness (QED) is 0.729. The molecule has 1 atom stereocenters. The fourth-order valence-electron chi connectivity index (χ4n) is 1.99. The van der Waals surface area contributed by atoms with Gasteiger partial charge in [0.15, 0.2) is 11.6 Å². The standard InChI is InChI=1S/C11H13F2N/c1-7-5-9(12)10(13)6-8(7)11-3-2-4-14-11/h5-6,11,14H,2-4H2,1H3. The Balaban J connectivity index is 2.37. The average Bonchev–Trinajstić information content (AvgIpc) is 2.64. The van der Waals surface area contributed by atoms with Crippen molar-refractivity contribution in [1.82, 2.24) is 5.32 Å². The van der Waals surface area contributed by atoms with Gasteiger partial charge in [0.25, 0.3) is 0 Å². The summed E-state index contributed by atoms with van der Waals surface area (Å²) in [5.41, 5.74) is 1.71. The molecule has 1 saturated heterocycles. The number of hydrogen-bond acceptors (Lipinski definition) is 1. The minimum Gasteiger partial charge on any atom is -0.310 e. The molecule has 0 bridgehead atoms. The van der Waals surface area contributed by atoms with E-state index in [0.29, 0.717) is 0 Å². The lowest BCUT2D eigenvalue weighted by molar-refractivity contribution is 0.502. The van der Waals surface area contributed by atoms with Crippen LogP contribution >= 0.6 is 0 Å². The van der Waals surface area contributed by atoms with Gasteiger partial charge in [-0.1, -0.05) is 0 Å². The van der Waals surface area contributed by atoms with Gasteiger partial charge in [-0.05, 0) is 49.6 Å². The summed E-state index contributed by atoms with van der Waals surface area (Å²) < 4.78 is 25.9. The highest BCUT2D eigenvalue weighted by Gasteiger charge is 2.19. The first kappa shape index (κ1) is 9.59. The Morgan fingerprint density at radius 3 is 2.64 bits per heavy atom. The van der Waals surface area contributed by atoms with Crippen molar-refractivity contribution in [3.63, 3.8) is 0 Å². The minimum absolute atomic E-state index is 0.199. The van der Waals surface area contributed by atoms with Gasteiger partial charge < -0.3 is 5.32 Å². The van der Waals surface area contributed by atoms with E-state index in [0.717, 1.165) is 30.5 Å². The summed E-state index contributed by atoms with van der Waals surface area (Å²) in [7, 11) is 0. The zero-order chi connectivity index (χ0) is 10.1. The van der Waals surface area contributed by atoms with Crippen molar-refractivity contribution in [2.24, 2.45) is 0 Å². The van der Waals surface area contributed by atoms with Crippen LogP contribution in [0.15, 0.2) is 12.1 Å². The monoisotopic (exact) mass is 197 g/mol. The zero-order valence-corrected chi connectivity index (χ0v) is 8.11. The van der Waals surface area contributed by atoms with Gasteiger partial charge in [-0.3, -0.25) is 0 Å². The van der Waals surface area contributed by atoms with Crippen LogP contribution in [0.2, 0.25) is 0 Å². The number of rotatable bonds is 1. The van der Waals surface area contributed by atoms with E-state index in [2.05, 4.69) is 5.32 Å². The van der Waals surface area contributed by atoms with Crippen LogP contribution in [-0.4, -0.2) is 6.54 Å². The van der Waals surface area contributed by atoms with E-state index < -0.39 is 11.6 Å². The molecule has 2 rings (SSSR count). The van der Waals surface area contributed by atoms with E-state index in [9.17, 15) is 8.78 Å². The predicted octanol–water partition coefficient (Wildman–Crippen LogP) is 2.70. The third-order valence-electron chi connectivity index (χ3n) is 2.74. The fourth-order valence-corrected chi connectivity index (χ4v) is 1.99. The first-order valence-electron chi connectivity index (χ1n) is 4.87. The van der Waals surface area contributed by atoms with Gasteiger partial charge in [-0.15, -0.1) is 0 Å². The van der Waals surface area contributed by atoms with Crippen LogP contribution in [0.1, 0.15) is 30.0 Å². The molecule has 76 valence electrons. The van der Waals surface area contributed by atoms with Crippen LogP contribution in [0.5, 0.6) is 0 Å². The van der Waals surface area contributed by atoms with Crippen LogP contribution < -0.4 is 5.32 Å². The first-order valence-corrected chi connectivity index (χ1v) is 4.87. The smallest absolute Gasteiger partial charge is 0.159 e. The molecule has 0 radical (unpaired) electrons. The summed E-state index contributed by atoms with van der Waals surface area (Å²) in [6.07, 6.45) is 2.11. The van der Waals surface area contributed by atoms with Crippen LogP contribution in [0.25, 0.3) is 0 Å². The highest BCUT2D eigenvalue weighted by molar-refractivity contribution is 5.30. The number of halogens is 2. The van der Waals surface area contributed by atoms with Crippen molar-refractivity contribution < 1.29 is 8.78 Å². The Hall–Kier alpha value is -0.960. The molecule has 0 spiro atoms. The molecule has 1 heterocycles. The lowest BCUT2D eigenvalue weighted by atomic mass is 10.00. The van der Waals surface area contributed by atoms with Crippen molar-refractivity contribution in [3.05, 3.63) is 34.9 Å². The molecular formula is C11H13F2N. The van der Waals surface area contributed by atoms with Gasteiger partial charge in [0, 0.05) is 6.04 Å². The van der Waals surface area contributed by atoms with Crippen molar-refractivity contribution in [2.45, 2.75) is 25.8 Å². The van der Waals surface area contributed by atoms with E-state index in [-0.39, 0.29) is 6.04 Å². The molecule has 1 aromatic rings. The maximum absolute atomic E-state index is 13.0. The third kappa shape index (κ3) is 1.64. The van der Waals surface area contributed by atoms with E-state index in [4.69, 9.17) is 0 Å². The normalized spacial score (nSPS) is 21.5. The Labute approximate surface area is 82.1 Å².